The molecular formula is C25H31ClN2O2. The highest BCUT2D eigenvalue weighted by Gasteiger charge is 2.30. The van der Waals surface area contributed by atoms with Crippen LogP contribution < -0.4 is 5.32 Å². The second-order valence-electron chi connectivity index (χ2n) is 8.22. The van der Waals surface area contributed by atoms with Crippen molar-refractivity contribution in [3.05, 3.63) is 70.2 Å². The van der Waals surface area contributed by atoms with Gasteiger partial charge in [-0.05, 0) is 49.4 Å². The summed E-state index contributed by atoms with van der Waals surface area (Å²) in [6.07, 6.45) is 5.19. The number of benzene rings is 2. The molecule has 1 fully saturated rings. The minimum absolute atomic E-state index is 0.0408. The summed E-state index contributed by atoms with van der Waals surface area (Å²) < 4.78 is 0. The lowest BCUT2D eigenvalue weighted by molar-refractivity contribution is -0.141. The number of aryl methyl sites for hydroxylation is 1. The van der Waals surface area contributed by atoms with Crippen molar-refractivity contribution in [2.75, 3.05) is 0 Å². The van der Waals surface area contributed by atoms with Gasteiger partial charge in [-0.25, -0.2) is 0 Å². The first-order valence-electron chi connectivity index (χ1n) is 10.9. The van der Waals surface area contributed by atoms with E-state index in [1.54, 1.807) is 17.0 Å². The van der Waals surface area contributed by atoms with E-state index in [1.807, 2.05) is 50.2 Å². The Labute approximate surface area is 184 Å². The molecular weight excluding hydrogens is 396 g/mol. The first-order chi connectivity index (χ1) is 14.5. The topological polar surface area (TPSA) is 49.4 Å². The number of nitrogens with zero attached hydrogens (tertiary/aromatic N) is 1. The van der Waals surface area contributed by atoms with Crippen molar-refractivity contribution in [1.82, 2.24) is 10.2 Å². The molecule has 2 aromatic rings. The highest BCUT2D eigenvalue weighted by atomic mass is 35.5. The van der Waals surface area contributed by atoms with Gasteiger partial charge in [0.2, 0.25) is 11.8 Å². The minimum Gasteiger partial charge on any atom is -0.352 e. The van der Waals surface area contributed by atoms with Gasteiger partial charge in [0.25, 0.3) is 0 Å². The molecule has 0 radical (unpaired) electrons. The van der Waals surface area contributed by atoms with Gasteiger partial charge in [0.05, 0.1) is 6.42 Å². The lowest BCUT2D eigenvalue weighted by atomic mass is 10.1. The molecule has 0 aromatic heterocycles. The standard InChI is InChI=1S/C25H31ClN2O2/c1-3-23(25(30)27-22-6-4-5-7-22)28(17-20-10-8-18(2)9-11-20)24(29)16-19-12-14-21(26)15-13-19/h8-15,22-23H,3-7,16-17H2,1-2H3,(H,27,30). The fraction of sp³-hybridized carbons (Fsp3) is 0.440. The monoisotopic (exact) mass is 426 g/mol. The first kappa shape index (κ1) is 22.4. The van der Waals surface area contributed by atoms with Gasteiger partial charge >= 0.3 is 0 Å². The van der Waals surface area contributed by atoms with Crippen LogP contribution in [0, 0.1) is 6.92 Å². The molecule has 3 rings (SSSR count). The lowest BCUT2D eigenvalue weighted by Crippen LogP contribution is -2.51. The quantitative estimate of drug-likeness (QED) is 0.641. The van der Waals surface area contributed by atoms with Crippen LogP contribution in [0.15, 0.2) is 48.5 Å². The summed E-state index contributed by atoms with van der Waals surface area (Å²) >= 11 is 5.98. The Morgan fingerprint density at radius 1 is 1.03 bits per heavy atom. The van der Waals surface area contributed by atoms with E-state index in [4.69, 9.17) is 11.6 Å². The third-order valence-electron chi connectivity index (χ3n) is 5.83. The third-order valence-corrected chi connectivity index (χ3v) is 6.08. The number of hydrogen-bond donors (Lipinski definition) is 1. The summed E-state index contributed by atoms with van der Waals surface area (Å²) in [5.41, 5.74) is 3.09. The summed E-state index contributed by atoms with van der Waals surface area (Å²) in [5, 5.41) is 3.82. The highest BCUT2D eigenvalue weighted by Crippen LogP contribution is 2.20. The Bertz CT molecular complexity index is 842. The van der Waals surface area contributed by atoms with Crippen LogP contribution in [0.2, 0.25) is 5.02 Å². The number of halogens is 1. The zero-order valence-electron chi connectivity index (χ0n) is 17.9. The third kappa shape index (κ3) is 6.09. The van der Waals surface area contributed by atoms with E-state index >= 15 is 0 Å². The van der Waals surface area contributed by atoms with E-state index < -0.39 is 6.04 Å². The van der Waals surface area contributed by atoms with Gasteiger partial charge in [0.1, 0.15) is 6.04 Å². The normalized spacial score (nSPS) is 15.0. The minimum atomic E-state index is -0.480. The van der Waals surface area contributed by atoms with E-state index in [0.29, 0.717) is 18.0 Å². The fourth-order valence-electron chi connectivity index (χ4n) is 4.06. The molecule has 0 aliphatic heterocycles. The Hall–Kier alpha value is -2.33. The number of rotatable bonds is 8. The SMILES string of the molecule is CCC(C(=O)NC1CCCC1)N(Cc1ccc(C)cc1)C(=O)Cc1ccc(Cl)cc1. The van der Waals surface area contributed by atoms with Crippen molar-refractivity contribution in [2.45, 2.75) is 71.0 Å². The van der Waals surface area contributed by atoms with Crippen LogP contribution in [0.1, 0.15) is 55.7 Å². The molecule has 0 saturated heterocycles. The maximum absolute atomic E-state index is 13.3. The van der Waals surface area contributed by atoms with Crippen LogP contribution in [0.4, 0.5) is 0 Å². The Morgan fingerprint density at radius 3 is 2.23 bits per heavy atom. The molecule has 0 bridgehead atoms. The number of hydrogen-bond acceptors (Lipinski definition) is 2. The molecule has 1 unspecified atom stereocenters. The van der Waals surface area contributed by atoms with Crippen LogP contribution in [0.5, 0.6) is 0 Å². The number of carbonyl (C=O) groups excluding carboxylic acids is 2. The van der Waals surface area contributed by atoms with E-state index in [-0.39, 0.29) is 24.3 Å². The molecule has 30 heavy (non-hydrogen) atoms. The maximum atomic E-state index is 13.3. The molecule has 4 nitrogen and oxygen atoms in total. The molecule has 0 spiro atoms. The average molecular weight is 427 g/mol. The Balaban J connectivity index is 1.80. The van der Waals surface area contributed by atoms with Crippen molar-refractivity contribution >= 4 is 23.4 Å². The van der Waals surface area contributed by atoms with E-state index in [0.717, 1.165) is 36.8 Å². The molecule has 1 N–H and O–H groups in total. The molecule has 160 valence electrons. The summed E-state index contributed by atoms with van der Waals surface area (Å²) in [4.78, 5) is 28.2. The molecule has 1 aliphatic carbocycles. The zero-order chi connectivity index (χ0) is 21.5. The van der Waals surface area contributed by atoms with E-state index in [1.165, 1.54) is 5.56 Å². The lowest BCUT2D eigenvalue weighted by Gasteiger charge is -2.31. The second kappa shape index (κ2) is 10.6. The summed E-state index contributed by atoms with van der Waals surface area (Å²) in [5.74, 6) is -0.0905. The average Bonchev–Trinajstić information content (AvgIpc) is 3.24. The molecule has 1 saturated carbocycles. The van der Waals surface area contributed by atoms with Crippen molar-refractivity contribution < 1.29 is 9.59 Å². The molecule has 0 heterocycles. The van der Waals surface area contributed by atoms with Gasteiger partial charge in [0.15, 0.2) is 0 Å². The summed E-state index contributed by atoms with van der Waals surface area (Å²) in [6.45, 7) is 4.43. The number of carbonyl (C=O) groups is 2. The van der Waals surface area contributed by atoms with Crippen molar-refractivity contribution in [3.63, 3.8) is 0 Å². The zero-order valence-corrected chi connectivity index (χ0v) is 18.6. The predicted octanol–water partition coefficient (Wildman–Crippen LogP) is 5.06. The number of nitrogens with one attached hydrogen (secondary N) is 1. The van der Waals surface area contributed by atoms with Gasteiger partial charge in [-0.2, -0.15) is 0 Å². The molecule has 2 amide bonds. The van der Waals surface area contributed by atoms with Crippen LogP contribution in [0.25, 0.3) is 0 Å². The highest BCUT2D eigenvalue weighted by molar-refractivity contribution is 6.30. The Morgan fingerprint density at radius 2 is 1.63 bits per heavy atom. The van der Waals surface area contributed by atoms with E-state index in [9.17, 15) is 9.59 Å². The molecule has 1 aliphatic rings. The van der Waals surface area contributed by atoms with Gasteiger partial charge in [0, 0.05) is 17.6 Å². The first-order valence-corrected chi connectivity index (χ1v) is 11.2. The van der Waals surface area contributed by atoms with Crippen LogP contribution in [-0.2, 0) is 22.6 Å². The summed E-state index contributed by atoms with van der Waals surface area (Å²) in [7, 11) is 0. The summed E-state index contributed by atoms with van der Waals surface area (Å²) in [6, 6.07) is 15.2. The number of amides is 2. The van der Waals surface area contributed by atoms with Crippen LogP contribution in [0.3, 0.4) is 0 Å². The van der Waals surface area contributed by atoms with Crippen molar-refractivity contribution in [2.24, 2.45) is 0 Å². The van der Waals surface area contributed by atoms with Gasteiger partial charge in [-0.1, -0.05) is 73.3 Å². The van der Waals surface area contributed by atoms with Crippen LogP contribution >= 0.6 is 11.6 Å². The van der Waals surface area contributed by atoms with Crippen molar-refractivity contribution in [3.8, 4) is 0 Å². The van der Waals surface area contributed by atoms with Gasteiger partial charge in [-0.3, -0.25) is 9.59 Å². The van der Waals surface area contributed by atoms with Crippen molar-refractivity contribution in [1.29, 1.82) is 0 Å². The molecule has 2 aromatic carbocycles. The molecule has 1 atom stereocenters. The maximum Gasteiger partial charge on any atom is 0.243 e. The smallest absolute Gasteiger partial charge is 0.243 e. The molecule has 5 heteroatoms. The van der Waals surface area contributed by atoms with Gasteiger partial charge < -0.3 is 10.2 Å². The largest absolute Gasteiger partial charge is 0.352 e. The second-order valence-corrected chi connectivity index (χ2v) is 8.66. The van der Waals surface area contributed by atoms with Crippen LogP contribution in [-0.4, -0.2) is 28.8 Å². The predicted molar refractivity (Wildman–Crippen MR) is 121 cm³/mol. The van der Waals surface area contributed by atoms with Gasteiger partial charge in [-0.15, -0.1) is 0 Å². The Kier molecular flexibility index (Phi) is 7.92. The van der Waals surface area contributed by atoms with E-state index in [2.05, 4.69) is 5.32 Å². The fourth-order valence-corrected chi connectivity index (χ4v) is 4.18.